The van der Waals surface area contributed by atoms with Gasteiger partial charge < -0.3 is 15.4 Å². The molecule has 2 N–H and O–H groups in total. The molecule has 1 aliphatic heterocycles. The van der Waals surface area contributed by atoms with Crippen LogP contribution in [0.5, 0.6) is 0 Å². The van der Waals surface area contributed by atoms with Gasteiger partial charge in [0.2, 0.25) is 0 Å². The second-order valence-corrected chi connectivity index (χ2v) is 6.34. The molecule has 0 atom stereocenters. The topological polar surface area (TPSA) is 50.4 Å². The molecule has 18 heavy (non-hydrogen) atoms. The Morgan fingerprint density at radius 3 is 2.28 bits per heavy atom. The van der Waals surface area contributed by atoms with Crippen LogP contribution in [-0.2, 0) is 4.74 Å². The Morgan fingerprint density at radius 1 is 1.39 bits per heavy atom. The maximum atomic E-state index is 10.9. The molecule has 108 valence electrons. The molecule has 1 fully saturated rings. The maximum absolute atomic E-state index is 10.9. The lowest BCUT2D eigenvalue weighted by atomic mass is 10.0. The van der Waals surface area contributed by atoms with Crippen molar-refractivity contribution in [3.63, 3.8) is 0 Å². The summed E-state index contributed by atoms with van der Waals surface area (Å²) in [5.74, 6) is 0. The van der Waals surface area contributed by atoms with E-state index in [2.05, 4.69) is 24.5 Å². The summed E-state index contributed by atoms with van der Waals surface area (Å²) < 4.78 is 4.99. The quantitative estimate of drug-likeness (QED) is 0.800. The lowest BCUT2D eigenvalue weighted by Crippen LogP contribution is -2.32. The zero-order chi connectivity index (χ0) is 14.2. The number of rotatable bonds is 2. The van der Waals surface area contributed by atoms with E-state index in [1.165, 1.54) is 19.4 Å². The minimum Gasteiger partial charge on any atom is -0.444 e. The zero-order valence-electron chi connectivity index (χ0n) is 12.9. The molecule has 1 rings (SSSR count). The zero-order valence-corrected chi connectivity index (χ0v) is 12.9. The highest BCUT2D eigenvalue weighted by atomic mass is 16.6. The maximum Gasteiger partial charge on any atom is 0.407 e. The monoisotopic (exact) mass is 258 g/mol. The number of nitrogens with one attached hydrogen (secondary N) is 2. The molecule has 0 unspecified atom stereocenters. The van der Waals surface area contributed by atoms with Crippen molar-refractivity contribution in [3.8, 4) is 0 Å². The average Bonchev–Trinajstić information content (AvgIpc) is 2.58. The standard InChI is InChI=1S/C8H17NO2.C6H13N/c1-5-6-9-7(10)11-8(2,3)4;1-6(2)4-3-5-7-6/h5-6H2,1-4H3,(H,9,10);7H,3-5H2,1-2H3. The lowest BCUT2D eigenvalue weighted by Gasteiger charge is -2.19. The predicted molar refractivity (Wildman–Crippen MR) is 75.8 cm³/mol. The lowest BCUT2D eigenvalue weighted by molar-refractivity contribution is 0.0528. The van der Waals surface area contributed by atoms with Crippen LogP contribution >= 0.6 is 0 Å². The van der Waals surface area contributed by atoms with Gasteiger partial charge in [-0.1, -0.05) is 6.92 Å². The highest BCUT2D eigenvalue weighted by Gasteiger charge is 2.20. The van der Waals surface area contributed by atoms with Crippen LogP contribution in [0.25, 0.3) is 0 Å². The molecule has 4 heteroatoms. The number of hydrogen-bond acceptors (Lipinski definition) is 3. The van der Waals surface area contributed by atoms with Crippen molar-refractivity contribution in [1.29, 1.82) is 0 Å². The SMILES string of the molecule is CC1(C)CCCN1.CCCNC(=O)OC(C)(C)C. The minimum absolute atomic E-state index is 0.334. The largest absolute Gasteiger partial charge is 0.444 e. The van der Waals surface area contributed by atoms with Gasteiger partial charge in [0.25, 0.3) is 0 Å². The van der Waals surface area contributed by atoms with E-state index >= 15 is 0 Å². The first-order chi connectivity index (χ1) is 8.16. The van der Waals surface area contributed by atoms with Crippen molar-refractivity contribution in [3.05, 3.63) is 0 Å². The van der Waals surface area contributed by atoms with Gasteiger partial charge >= 0.3 is 6.09 Å². The Hall–Kier alpha value is -0.770. The van der Waals surface area contributed by atoms with Crippen LogP contribution in [0.15, 0.2) is 0 Å². The summed E-state index contributed by atoms with van der Waals surface area (Å²) in [5.41, 5.74) is 0.0534. The number of hydrogen-bond donors (Lipinski definition) is 2. The number of alkyl carbamates (subject to hydrolysis) is 1. The first kappa shape index (κ1) is 17.2. The summed E-state index contributed by atoms with van der Waals surface area (Å²) in [6.45, 7) is 13.9. The summed E-state index contributed by atoms with van der Waals surface area (Å²) in [6, 6.07) is 0. The van der Waals surface area contributed by atoms with E-state index in [9.17, 15) is 4.79 Å². The van der Waals surface area contributed by atoms with Gasteiger partial charge in [-0.15, -0.1) is 0 Å². The molecule has 0 aromatic carbocycles. The number of carbonyl (C=O) groups excluding carboxylic acids is 1. The van der Waals surface area contributed by atoms with E-state index in [4.69, 9.17) is 4.74 Å². The van der Waals surface area contributed by atoms with E-state index in [0.717, 1.165) is 6.42 Å². The number of carbonyl (C=O) groups is 1. The fraction of sp³-hybridized carbons (Fsp3) is 0.929. The third kappa shape index (κ3) is 10.4. The molecule has 1 aliphatic rings. The minimum atomic E-state index is -0.391. The van der Waals surface area contributed by atoms with Crippen LogP contribution in [0.3, 0.4) is 0 Å². The van der Waals surface area contributed by atoms with Crippen LogP contribution in [0, 0.1) is 0 Å². The first-order valence-corrected chi connectivity index (χ1v) is 6.88. The van der Waals surface area contributed by atoms with Crippen molar-refractivity contribution < 1.29 is 9.53 Å². The molecule has 0 aromatic rings. The van der Waals surface area contributed by atoms with Gasteiger partial charge in [-0.3, -0.25) is 0 Å². The number of amides is 1. The van der Waals surface area contributed by atoms with Crippen LogP contribution in [0.4, 0.5) is 4.79 Å². The highest BCUT2D eigenvalue weighted by Crippen LogP contribution is 2.15. The summed E-state index contributed by atoms with van der Waals surface area (Å²) in [6.07, 6.45) is 3.29. The van der Waals surface area contributed by atoms with Crippen LogP contribution < -0.4 is 10.6 Å². The highest BCUT2D eigenvalue weighted by molar-refractivity contribution is 5.67. The molecule has 1 saturated heterocycles. The van der Waals surface area contributed by atoms with Crippen LogP contribution in [0.2, 0.25) is 0 Å². The van der Waals surface area contributed by atoms with Crippen molar-refractivity contribution in [2.24, 2.45) is 0 Å². The molecule has 4 nitrogen and oxygen atoms in total. The Bertz CT molecular complexity index is 237. The Balaban J connectivity index is 0.000000351. The summed E-state index contributed by atoms with van der Waals surface area (Å²) in [7, 11) is 0. The molecule has 1 amide bonds. The summed E-state index contributed by atoms with van der Waals surface area (Å²) in [4.78, 5) is 10.9. The summed E-state index contributed by atoms with van der Waals surface area (Å²) in [5, 5.41) is 6.02. The molecule has 0 saturated carbocycles. The van der Waals surface area contributed by atoms with E-state index < -0.39 is 5.60 Å². The molecule has 0 bridgehead atoms. The van der Waals surface area contributed by atoms with E-state index in [-0.39, 0.29) is 6.09 Å². The van der Waals surface area contributed by atoms with Gasteiger partial charge in [-0.05, 0) is 60.4 Å². The smallest absolute Gasteiger partial charge is 0.407 e. The molecule has 0 radical (unpaired) electrons. The van der Waals surface area contributed by atoms with Gasteiger partial charge in [0.05, 0.1) is 0 Å². The van der Waals surface area contributed by atoms with Crippen LogP contribution in [-0.4, -0.2) is 30.3 Å². The first-order valence-electron chi connectivity index (χ1n) is 6.88. The van der Waals surface area contributed by atoms with E-state index in [1.807, 2.05) is 27.7 Å². The Kier molecular flexibility index (Phi) is 7.29. The van der Waals surface area contributed by atoms with Gasteiger partial charge in [-0.25, -0.2) is 4.79 Å². The Morgan fingerprint density at radius 2 is 2.00 bits per heavy atom. The second-order valence-electron chi connectivity index (χ2n) is 6.34. The third-order valence-corrected chi connectivity index (χ3v) is 2.50. The predicted octanol–water partition coefficient (Wildman–Crippen LogP) is 3.07. The second kappa shape index (κ2) is 7.62. The van der Waals surface area contributed by atoms with Crippen molar-refractivity contribution >= 4 is 6.09 Å². The average molecular weight is 258 g/mol. The Labute approximate surface area is 112 Å². The van der Waals surface area contributed by atoms with Gasteiger partial charge in [0.15, 0.2) is 0 Å². The fourth-order valence-corrected chi connectivity index (χ4v) is 1.59. The van der Waals surface area contributed by atoms with Crippen LogP contribution in [0.1, 0.15) is 60.8 Å². The van der Waals surface area contributed by atoms with Crippen molar-refractivity contribution in [2.75, 3.05) is 13.1 Å². The molecule has 1 heterocycles. The molecular formula is C14H30N2O2. The third-order valence-electron chi connectivity index (χ3n) is 2.50. The normalized spacial score (nSPS) is 17.7. The summed E-state index contributed by atoms with van der Waals surface area (Å²) >= 11 is 0. The molecule has 0 aliphatic carbocycles. The molecule has 0 aromatic heterocycles. The van der Waals surface area contributed by atoms with Gasteiger partial charge in [-0.2, -0.15) is 0 Å². The molecular weight excluding hydrogens is 228 g/mol. The van der Waals surface area contributed by atoms with E-state index in [0.29, 0.717) is 12.1 Å². The van der Waals surface area contributed by atoms with Gasteiger partial charge in [0.1, 0.15) is 5.60 Å². The number of ether oxygens (including phenoxy) is 1. The van der Waals surface area contributed by atoms with E-state index in [1.54, 1.807) is 0 Å². The van der Waals surface area contributed by atoms with Gasteiger partial charge in [0, 0.05) is 12.1 Å². The fourth-order valence-electron chi connectivity index (χ4n) is 1.59. The molecule has 0 spiro atoms. The van der Waals surface area contributed by atoms with Crippen molar-refractivity contribution in [1.82, 2.24) is 10.6 Å². The van der Waals surface area contributed by atoms with Crippen molar-refractivity contribution in [2.45, 2.75) is 71.9 Å².